The quantitative estimate of drug-likeness (QED) is 0.496. The van der Waals surface area contributed by atoms with E-state index in [1.54, 1.807) is 4.90 Å². The number of ether oxygens (including phenoxy) is 1. The molecule has 0 spiro atoms. The molecule has 0 saturated carbocycles. The summed E-state index contributed by atoms with van der Waals surface area (Å²) in [6, 6.07) is 27.3. The number of benzene rings is 2. The van der Waals surface area contributed by atoms with Gasteiger partial charge in [-0.3, -0.25) is 10.3 Å². The van der Waals surface area contributed by atoms with Crippen LogP contribution in [0.2, 0.25) is 0 Å². The molecule has 0 aromatic heterocycles. The molecule has 1 aliphatic heterocycles. The molecule has 0 bridgehead atoms. The van der Waals surface area contributed by atoms with Crippen LogP contribution in [-0.2, 0) is 4.74 Å². The van der Waals surface area contributed by atoms with Crippen LogP contribution in [0, 0.1) is 51.4 Å². The standard InChI is InChI=1S/C23H13N5O/c24-13-17(14-25)20(22-16-29-23(27)21(22)15-26)11-12-28(18-7-3-1-4-8-18)19-9-5-2-6-10-19/h1-10,27H,16H2. The Balaban J connectivity index is 2.18. The van der Waals surface area contributed by atoms with Crippen molar-refractivity contribution in [2.45, 2.75) is 0 Å². The smallest absolute Gasteiger partial charge is 0.224 e. The van der Waals surface area contributed by atoms with Crippen LogP contribution in [0.4, 0.5) is 11.4 Å². The number of hydrogen-bond donors (Lipinski definition) is 1. The van der Waals surface area contributed by atoms with Crippen LogP contribution < -0.4 is 4.90 Å². The van der Waals surface area contributed by atoms with Crippen molar-refractivity contribution in [3.8, 4) is 30.2 Å². The first kappa shape index (κ1) is 19.0. The highest BCUT2D eigenvalue weighted by Gasteiger charge is 2.26. The van der Waals surface area contributed by atoms with Gasteiger partial charge < -0.3 is 4.74 Å². The van der Waals surface area contributed by atoms with Gasteiger partial charge in [-0.25, -0.2) is 0 Å². The van der Waals surface area contributed by atoms with E-state index in [9.17, 15) is 15.8 Å². The second-order valence-electron chi connectivity index (χ2n) is 5.80. The number of anilines is 2. The molecule has 2 aromatic rings. The molecule has 0 fully saturated rings. The highest BCUT2D eigenvalue weighted by Crippen LogP contribution is 2.27. The average molecular weight is 375 g/mol. The topological polar surface area (TPSA) is 108 Å². The third-order valence-corrected chi connectivity index (χ3v) is 4.10. The van der Waals surface area contributed by atoms with Crippen molar-refractivity contribution >= 4 is 17.3 Å². The number of para-hydroxylation sites is 2. The van der Waals surface area contributed by atoms with Crippen molar-refractivity contribution in [2.75, 3.05) is 11.5 Å². The summed E-state index contributed by atoms with van der Waals surface area (Å²) >= 11 is 0. The zero-order valence-corrected chi connectivity index (χ0v) is 15.2. The van der Waals surface area contributed by atoms with Gasteiger partial charge in [0.25, 0.3) is 0 Å². The summed E-state index contributed by atoms with van der Waals surface area (Å²) in [5.41, 5.74) is 1.69. The Morgan fingerprint density at radius 1 is 0.897 bits per heavy atom. The van der Waals surface area contributed by atoms with E-state index in [0.717, 1.165) is 11.4 Å². The Hall–Kier alpha value is -4.78. The van der Waals surface area contributed by atoms with Crippen LogP contribution in [0.25, 0.3) is 0 Å². The van der Waals surface area contributed by atoms with Gasteiger partial charge in [0.2, 0.25) is 5.90 Å². The van der Waals surface area contributed by atoms with Crippen LogP contribution >= 0.6 is 0 Å². The molecule has 0 saturated heterocycles. The number of allylic oxidation sites excluding steroid dienone is 1. The molecule has 0 aliphatic carbocycles. The summed E-state index contributed by atoms with van der Waals surface area (Å²) in [6.07, 6.45) is 0. The van der Waals surface area contributed by atoms with Gasteiger partial charge in [-0.1, -0.05) is 36.4 Å². The van der Waals surface area contributed by atoms with Crippen LogP contribution in [0.1, 0.15) is 0 Å². The maximum Gasteiger partial charge on any atom is 0.224 e. The van der Waals surface area contributed by atoms with Gasteiger partial charge in [-0.15, -0.1) is 0 Å². The minimum Gasteiger partial charge on any atom is -0.472 e. The SMILES string of the molecule is N#CC(C#N)=C(C#CN(c1ccccc1)c1ccccc1)C1=C(C#N)C(=N)OC1. The van der Waals surface area contributed by atoms with Gasteiger partial charge in [0.15, 0.2) is 0 Å². The van der Waals surface area contributed by atoms with Crippen molar-refractivity contribution < 1.29 is 4.74 Å². The molecule has 3 rings (SSSR count). The Kier molecular flexibility index (Phi) is 5.72. The van der Waals surface area contributed by atoms with Crippen molar-refractivity contribution in [3.63, 3.8) is 0 Å². The molecule has 136 valence electrons. The zero-order valence-electron chi connectivity index (χ0n) is 15.2. The first-order valence-electron chi connectivity index (χ1n) is 8.51. The Labute approximate surface area is 168 Å². The number of nitrogens with one attached hydrogen (secondary N) is 1. The van der Waals surface area contributed by atoms with Crippen molar-refractivity contribution in [3.05, 3.63) is 83.0 Å². The van der Waals surface area contributed by atoms with Crippen LogP contribution in [0.5, 0.6) is 0 Å². The first-order valence-corrected chi connectivity index (χ1v) is 8.51. The minimum absolute atomic E-state index is 0.0247. The lowest BCUT2D eigenvalue weighted by molar-refractivity contribution is 0.357. The van der Waals surface area contributed by atoms with E-state index < -0.39 is 0 Å². The molecule has 0 radical (unpaired) electrons. The van der Waals surface area contributed by atoms with Crippen molar-refractivity contribution in [2.24, 2.45) is 0 Å². The van der Waals surface area contributed by atoms with Crippen LogP contribution in [0.15, 0.2) is 83.0 Å². The lowest BCUT2D eigenvalue weighted by Gasteiger charge is -2.17. The van der Waals surface area contributed by atoms with Gasteiger partial charge >= 0.3 is 0 Å². The lowest BCUT2D eigenvalue weighted by Crippen LogP contribution is -2.09. The molecule has 2 aromatic carbocycles. The Morgan fingerprint density at radius 3 is 1.93 bits per heavy atom. The summed E-state index contributed by atoms with van der Waals surface area (Å²) in [4.78, 5) is 1.72. The second kappa shape index (κ2) is 8.74. The highest BCUT2D eigenvalue weighted by atomic mass is 16.5. The van der Waals surface area contributed by atoms with Crippen molar-refractivity contribution in [1.29, 1.82) is 21.2 Å². The summed E-state index contributed by atoms with van der Waals surface area (Å²) in [6.45, 7) is -0.0880. The van der Waals surface area contributed by atoms with E-state index >= 15 is 0 Å². The van der Waals surface area contributed by atoms with Crippen molar-refractivity contribution in [1.82, 2.24) is 0 Å². The molecule has 29 heavy (non-hydrogen) atoms. The van der Waals surface area contributed by atoms with Gasteiger partial charge in [-0.2, -0.15) is 15.8 Å². The average Bonchev–Trinajstić information content (AvgIpc) is 3.15. The maximum absolute atomic E-state index is 9.37. The molecule has 6 nitrogen and oxygen atoms in total. The fourth-order valence-electron chi connectivity index (χ4n) is 2.71. The van der Waals surface area contributed by atoms with E-state index in [-0.39, 0.29) is 34.8 Å². The fraction of sp³-hybridized carbons (Fsp3) is 0.0435. The monoisotopic (exact) mass is 375 g/mol. The van der Waals surface area contributed by atoms with Crippen LogP contribution in [-0.4, -0.2) is 12.5 Å². The molecule has 6 heteroatoms. The van der Waals surface area contributed by atoms with E-state index in [0.29, 0.717) is 0 Å². The number of hydrogen-bond acceptors (Lipinski definition) is 6. The minimum atomic E-state index is -0.292. The van der Waals surface area contributed by atoms with E-state index in [4.69, 9.17) is 10.1 Å². The highest BCUT2D eigenvalue weighted by molar-refractivity contribution is 5.99. The van der Waals surface area contributed by atoms with E-state index in [2.05, 4.69) is 12.0 Å². The first-order chi connectivity index (χ1) is 14.2. The second-order valence-corrected chi connectivity index (χ2v) is 5.80. The zero-order chi connectivity index (χ0) is 20.6. The Bertz CT molecular complexity index is 1140. The molecule has 1 N–H and O–H groups in total. The third-order valence-electron chi connectivity index (χ3n) is 4.10. The van der Waals surface area contributed by atoms with Gasteiger partial charge in [0.05, 0.1) is 16.9 Å². The predicted molar refractivity (Wildman–Crippen MR) is 107 cm³/mol. The maximum atomic E-state index is 9.37. The summed E-state index contributed by atoms with van der Waals surface area (Å²) in [5, 5.41) is 35.8. The largest absolute Gasteiger partial charge is 0.472 e. The Morgan fingerprint density at radius 2 is 1.45 bits per heavy atom. The molecule has 0 amide bonds. The van der Waals surface area contributed by atoms with Crippen LogP contribution in [0.3, 0.4) is 0 Å². The molecular weight excluding hydrogens is 362 g/mol. The lowest BCUT2D eigenvalue weighted by atomic mass is 9.99. The number of nitrogens with zero attached hydrogens (tertiary/aromatic N) is 4. The molecule has 0 unspecified atom stereocenters. The number of nitriles is 3. The summed E-state index contributed by atoms with van der Waals surface area (Å²) < 4.78 is 5.12. The van der Waals surface area contributed by atoms with E-state index in [1.807, 2.05) is 78.9 Å². The number of rotatable bonds is 3. The molecule has 0 atom stereocenters. The van der Waals surface area contributed by atoms with E-state index in [1.165, 1.54) is 0 Å². The normalized spacial score (nSPS) is 11.8. The molecule has 1 aliphatic rings. The van der Waals surface area contributed by atoms with Gasteiger partial charge in [0, 0.05) is 11.6 Å². The van der Waals surface area contributed by atoms with Gasteiger partial charge in [-0.05, 0) is 30.2 Å². The summed E-state index contributed by atoms with van der Waals surface area (Å²) in [7, 11) is 0. The predicted octanol–water partition coefficient (Wildman–Crippen LogP) is 3.96. The fourth-order valence-corrected chi connectivity index (χ4v) is 2.71. The third kappa shape index (κ3) is 3.99. The molecular formula is C23H13N5O. The van der Waals surface area contributed by atoms with Gasteiger partial charge in [0.1, 0.15) is 36.0 Å². The molecule has 1 heterocycles. The summed E-state index contributed by atoms with van der Waals surface area (Å²) in [5.74, 6) is 2.58.